The predicted molar refractivity (Wildman–Crippen MR) is 120 cm³/mol. The topological polar surface area (TPSA) is 56.8 Å². The Balaban J connectivity index is 1.95. The summed E-state index contributed by atoms with van der Waals surface area (Å²) in [5, 5.41) is 2.94. The molecule has 0 aliphatic heterocycles. The highest BCUT2D eigenvalue weighted by Gasteiger charge is 2.18. The quantitative estimate of drug-likeness (QED) is 0.469. The lowest BCUT2D eigenvalue weighted by molar-refractivity contribution is -0.127. The first-order valence-corrected chi connectivity index (χ1v) is 10.8. The van der Waals surface area contributed by atoms with E-state index in [9.17, 15) is 4.79 Å². The summed E-state index contributed by atoms with van der Waals surface area (Å²) >= 11 is 0. The van der Waals surface area contributed by atoms with Crippen LogP contribution in [0.3, 0.4) is 0 Å². The largest absolute Gasteiger partial charge is 0.493 e. The van der Waals surface area contributed by atoms with Crippen molar-refractivity contribution in [2.45, 2.75) is 65.5 Å². The zero-order valence-corrected chi connectivity index (χ0v) is 18.9. The van der Waals surface area contributed by atoms with Crippen molar-refractivity contribution in [3.63, 3.8) is 0 Å². The van der Waals surface area contributed by atoms with E-state index < -0.39 is 6.10 Å². The number of unbranched alkanes of at least 4 members (excludes halogenated alkanes) is 1. The van der Waals surface area contributed by atoms with Crippen LogP contribution in [0, 0.1) is 0 Å². The van der Waals surface area contributed by atoms with Crippen LogP contribution in [0.2, 0.25) is 0 Å². The minimum atomic E-state index is -0.589. The molecule has 0 fully saturated rings. The second kappa shape index (κ2) is 12.1. The molecule has 2 rings (SSSR count). The lowest BCUT2D eigenvalue weighted by atomic mass is 9.98. The molecule has 0 saturated heterocycles. The number of rotatable bonds is 12. The molecule has 0 radical (unpaired) electrons. The van der Waals surface area contributed by atoms with Crippen LogP contribution in [0.1, 0.15) is 64.0 Å². The summed E-state index contributed by atoms with van der Waals surface area (Å²) in [5.74, 6) is 2.38. The molecule has 0 bridgehead atoms. The van der Waals surface area contributed by atoms with Gasteiger partial charge in [0.1, 0.15) is 5.75 Å². The summed E-state index contributed by atoms with van der Waals surface area (Å²) < 4.78 is 17.2. The number of nitrogens with one attached hydrogen (secondary N) is 1. The van der Waals surface area contributed by atoms with Crippen LogP contribution in [-0.4, -0.2) is 25.7 Å². The van der Waals surface area contributed by atoms with Gasteiger partial charge in [-0.1, -0.05) is 51.5 Å². The van der Waals surface area contributed by atoms with Gasteiger partial charge in [-0.3, -0.25) is 4.79 Å². The summed E-state index contributed by atoms with van der Waals surface area (Å²) in [4.78, 5) is 12.6. The van der Waals surface area contributed by atoms with Gasteiger partial charge in [0.25, 0.3) is 5.91 Å². The first-order valence-electron chi connectivity index (χ1n) is 10.8. The Morgan fingerprint density at radius 3 is 2.50 bits per heavy atom. The molecule has 2 atom stereocenters. The van der Waals surface area contributed by atoms with Gasteiger partial charge in [0.15, 0.2) is 17.6 Å². The molecule has 5 heteroatoms. The summed E-state index contributed by atoms with van der Waals surface area (Å²) in [6.45, 7) is 9.26. The van der Waals surface area contributed by atoms with Crippen molar-refractivity contribution in [2.75, 3.05) is 13.7 Å². The SMILES string of the molecule is CCCCOc1ccc(CNC(=O)C(C)Oc2ccccc2C(C)CC)cc1OC. The molecule has 1 amide bonds. The highest BCUT2D eigenvalue weighted by molar-refractivity contribution is 5.80. The van der Waals surface area contributed by atoms with Crippen molar-refractivity contribution in [1.29, 1.82) is 0 Å². The predicted octanol–water partition coefficient (Wildman–Crippen LogP) is 5.47. The second-order valence-corrected chi connectivity index (χ2v) is 7.51. The molecule has 0 heterocycles. The van der Waals surface area contributed by atoms with E-state index in [0.29, 0.717) is 24.8 Å². The molecule has 164 valence electrons. The Labute approximate surface area is 180 Å². The van der Waals surface area contributed by atoms with Gasteiger partial charge in [0.2, 0.25) is 0 Å². The fourth-order valence-corrected chi connectivity index (χ4v) is 3.06. The first-order chi connectivity index (χ1) is 14.5. The highest BCUT2D eigenvalue weighted by atomic mass is 16.5. The average molecular weight is 414 g/mol. The monoisotopic (exact) mass is 413 g/mol. The third kappa shape index (κ3) is 6.68. The van der Waals surface area contributed by atoms with E-state index in [0.717, 1.165) is 41.9 Å². The van der Waals surface area contributed by atoms with E-state index in [1.54, 1.807) is 14.0 Å². The van der Waals surface area contributed by atoms with Crippen molar-refractivity contribution in [3.8, 4) is 17.2 Å². The number of para-hydroxylation sites is 1. The number of ether oxygens (including phenoxy) is 3. The lowest BCUT2D eigenvalue weighted by Gasteiger charge is -2.20. The van der Waals surface area contributed by atoms with E-state index in [1.165, 1.54) is 0 Å². The number of hydrogen-bond donors (Lipinski definition) is 1. The van der Waals surface area contributed by atoms with Crippen LogP contribution in [0.5, 0.6) is 17.2 Å². The minimum absolute atomic E-state index is 0.156. The zero-order chi connectivity index (χ0) is 21.9. The number of carbonyl (C=O) groups excluding carboxylic acids is 1. The van der Waals surface area contributed by atoms with Gasteiger partial charge in [0, 0.05) is 6.54 Å². The van der Waals surface area contributed by atoms with Gasteiger partial charge >= 0.3 is 0 Å². The molecule has 5 nitrogen and oxygen atoms in total. The van der Waals surface area contributed by atoms with Crippen molar-refractivity contribution in [3.05, 3.63) is 53.6 Å². The minimum Gasteiger partial charge on any atom is -0.493 e. The number of hydrogen-bond acceptors (Lipinski definition) is 4. The van der Waals surface area contributed by atoms with E-state index in [-0.39, 0.29) is 5.91 Å². The summed E-state index contributed by atoms with van der Waals surface area (Å²) in [7, 11) is 1.62. The van der Waals surface area contributed by atoms with Gasteiger partial charge in [-0.2, -0.15) is 0 Å². The van der Waals surface area contributed by atoms with Crippen LogP contribution in [0.4, 0.5) is 0 Å². The number of amides is 1. The molecule has 2 unspecified atom stereocenters. The van der Waals surface area contributed by atoms with Crippen molar-refractivity contribution < 1.29 is 19.0 Å². The van der Waals surface area contributed by atoms with Crippen LogP contribution >= 0.6 is 0 Å². The Kier molecular flexibility index (Phi) is 9.52. The molecule has 0 aliphatic rings. The number of benzene rings is 2. The van der Waals surface area contributed by atoms with E-state index in [2.05, 4.69) is 32.2 Å². The summed E-state index contributed by atoms with van der Waals surface area (Å²) in [6.07, 6.45) is 2.50. The van der Waals surface area contributed by atoms with E-state index >= 15 is 0 Å². The van der Waals surface area contributed by atoms with Gasteiger partial charge in [-0.05, 0) is 55.0 Å². The maximum atomic E-state index is 12.6. The maximum Gasteiger partial charge on any atom is 0.261 e. The van der Waals surface area contributed by atoms with Crippen LogP contribution in [-0.2, 0) is 11.3 Å². The Morgan fingerprint density at radius 2 is 1.80 bits per heavy atom. The molecule has 0 spiro atoms. The maximum absolute atomic E-state index is 12.6. The van der Waals surface area contributed by atoms with Gasteiger partial charge in [-0.25, -0.2) is 0 Å². The highest BCUT2D eigenvalue weighted by Crippen LogP contribution is 2.30. The second-order valence-electron chi connectivity index (χ2n) is 7.51. The third-order valence-electron chi connectivity index (χ3n) is 5.19. The van der Waals surface area contributed by atoms with Gasteiger partial charge in [0.05, 0.1) is 13.7 Å². The Morgan fingerprint density at radius 1 is 1.03 bits per heavy atom. The molecular formula is C25H35NO4. The van der Waals surface area contributed by atoms with Crippen molar-refractivity contribution in [2.24, 2.45) is 0 Å². The number of methoxy groups -OCH3 is 1. The molecule has 0 aromatic heterocycles. The lowest BCUT2D eigenvalue weighted by Crippen LogP contribution is -2.36. The Bertz CT molecular complexity index is 805. The normalized spacial score (nSPS) is 12.7. The van der Waals surface area contributed by atoms with Crippen LogP contribution < -0.4 is 19.5 Å². The zero-order valence-electron chi connectivity index (χ0n) is 18.9. The molecule has 2 aromatic rings. The Hall–Kier alpha value is -2.69. The standard InChI is InChI=1S/C25H35NO4/c1-6-8-15-29-23-14-13-20(16-24(23)28-5)17-26-25(27)19(4)30-22-12-10-9-11-21(22)18(3)7-2/h9-14,16,18-19H,6-8,15,17H2,1-5H3,(H,26,27). The van der Waals surface area contributed by atoms with Crippen LogP contribution in [0.15, 0.2) is 42.5 Å². The van der Waals surface area contributed by atoms with E-state index in [4.69, 9.17) is 14.2 Å². The third-order valence-corrected chi connectivity index (χ3v) is 5.19. The van der Waals surface area contributed by atoms with Crippen molar-refractivity contribution >= 4 is 5.91 Å². The van der Waals surface area contributed by atoms with Gasteiger partial charge in [-0.15, -0.1) is 0 Å². The molecular weight excluding hydrogens is 378 g/mol. The fourth-order valence-electron chi connectivity index (χ4n) is 3.06. The van der Waals surface area contributed by atoms with Crippen molar-refractivity contribution in [1.82, 2.24) is 5.32 Å². The smallest absolute Gasteiger partial charge is 0.261 e. The summed E-state index contributed by atoms with van der Waals surface area (Å²) in [6, 6.07) is 13.6. The fraction of sp³-hybridized carbons (Fsp3) is 0.480. The van der Waals surface area contributed by atoms with Gasteiger partial charge < -0.3 is 19.5 Å². The van der Waals surface area contributed by atoms with E-state index in [1.807, 2.05) is 36.4 Å². The molecule has 30 heavy (non-hydrogen) atoms. The first kappa shape index (κ1) is 23.6. The molecule has 1 N–H and O–H groups in total. The number of carbonyl (C=O) groups is 1. The summed E-state index contributed by atoms with van der Waals surface area (Å²) in [5.41, 5.74) is 2.07. The van der Waals surface area contributed by atoms with Crippen LogP contribution in [0.25, 0.3) is 0 Å². The molecule has 2 aromatic carbocycles. The average Bonchev–Trinajstić information content (AvgIpc) is 2.77. The molecule has 0 aliphatic carbocycles. The molecule has 0 saturated carbocycles.